The van der Waals surface area contributed by atoms with Crippen molar-refractivity contribution in [1.29, 1.82) is 0 Å². The lowest BCUT2D eigenvalue weighted by Crippen LogP contribution is -2.22. The summed E-state index contributed by atoms with van der Waals surface area (Å²) in [6.07, 6.45) is 0.758. The predicted octanol–water partition coefficient (Wildman–Crippen LogP) is 4.07. The molecule has 0 saturated carbocycles. The first-order valence-corrected chi connectivity index (χ1v) is 8.75. The fraction of sp³-hybridized carbons (Fsp3) is 0.227. The van der Waals surface area contributed by atoms with Gasteiger partial charge in [0.1, 0.15) is 5.75 Å². The fourth-order valence-corrected chi connectivity index (χ4v) is 3.17. The van der Waals surface area contributed by atoms with E-state index in [0.717, 1.165) is 39.6 Å². The number of ether oxygens (including phenoxy) is 1. The van der Waals surface area contributed by atoms with E-state index in [2.05, 4.69) is 41.7 Å². The topological polar surface area (TPSA) is 64.3 Å². The third-order valence-electron chi connectivity index (χ3n) is 4.51. The SMILES string of the molecule is COc1ccc2cc(-c3cccc(CN)c3)cc(CCNC(C)=O)c2c1.Cl. The Balaban J connectivity index is 0.00000261. The highest BCUT2D eigenvalue weighted by atomic mass is 35.5. The molecule has 0 radical (unpaired) electrons. The quantitative estimate of drug-likeness (QED) is 0.673. The van der Waals surface area contributed by atoms with Gasteiger partial charge < -0.3 is 15.8 Å². The molecule has 1 amide bonds. The summed E-state index contributed by atoms with van der Waals surface area (Å²) in [5.41, 5.74) is 10.4. The van der Waals surface area contributed by atoms with E-state index in [0.29, 0.717) is 13.1 Å². The van der Waals surface area contributed by atoms with Crippen molar-refractivity contribution in [3.8, 4) is 16.9 Å². The van der Waals surface area contributed by atoms with E-state index in [9.17, 15) is 4.79 Å². The molecule has 0 aliphatic carbocycles. The van der Waals surface area contributed by atoms with Gasteiger partial charge in [0, 0.05) is 20.0 Å². The Hall–Kier alpha value is -2.56. The summed E-state index contributed by atoms with van der Waals surface area (Å²) < 4.78 is 5.38. The van der Waals surface area contributed by atoms with Gasteiger partial charge in [0.15, 0.2) is 0 Å². The lowest BCUT2D eigenvalue weighted by atomic mass is 9.94. The lowest BCUT2D eigenvalue weighted by molar-refractivity contribution is -0.118. The van der Waals surface area contributed by atoms with Gasteiger partial charge in [-0.05, 0) is 63.7 Å². The van der Waals surface area contributed by atoms with E-state index in [1.165, 1.54) is 12.5 Å². The van der Waals surface area contributed by atoms with Crippen LogP contribution in [0, 0.1) is 0 Å². The van der Waals surface area contributed by atoms with Gasteiger partial charge in [0.25, 0.3) is 0 Å². The molecule has 0 spiro atoms. The number of nitrogens with one attached hydrogen (secondary N) is 1. The number of methoxy groups -OCH3 is 1. The summed E-state index contributed by atoms with van der Waals surface area (Å²) in [4.78, 5) is 11.2. The second kappa shape index (κ2) is 9.40. The molecule has 3 rings (SSSR count). The first-order valence-electron chi connectivity index (χ1n) is 8.75. The van der Waals surface area contributed by atoms with Crippen LogP contribution >= 0.6 is 12.4 Å². The number of fused-ring (bicyclic) bond motifs is 1. The maximum absolute atomic E-state index is 11.2. The highest BCUT2D eigenvalue weighted by Gasteiger charge is 2.08. The van der Waals surface area contributed by atoms with Crippen LogP contribution in [0.25, 0.3) is 21.9 Å². The maximum atomic E-state index is 11.2. The molecule has 0 aliphatic heterocycles. The number of rotatable bonds is 6. The normalized spacial score (nSPS) is 10.3. The number of hydrogen-bond donors (Lipinski definition) is 2. The first-order chi connectivity index (χ1) is 12.6. The maximum Gasteiger partial charge on any atom is 0.216 e. The number of halogens is 1. The lowest BCUT2D eigenvalue weighted by Gasteiger charge is -2.13. The van der Waals surface area contributed by atoms with Gasteiger partial charge >= 0.3 is 0 Å². The van der Waals surface area contributed by atoms with Gasteiger partial charge in [0.05, 0.1) is 7.11 Å². The number of nitrogens with two attached hydrogens (primary N) is 1. The third kappa shape index (κ3) is 5.00. The summed E-state index contributed by atoms with van der Waals surface area (Å²) >= 11 is 0. The van der Waals surface area contributed by atoms with E-state index in [1.54, 1.807) is 7.11 Å². The zero-order valence-corrected chi connectivity index (χ0v) is 16.4. The molecule has 0 aromatic heterocycles. The second-order valence-corrected chi connectivity index (χ2v) is 6.36. The molecule has 0 unspecified atom stereocenters. The summed E-state index contributed by atoms with van der Waals surface area (Å²) in [5.74, 6) is 0.815. The first kappa shape index (κ1) is 20.7. The number of benzene rings is 3. The molecule has 0 saturated heterocycles. The van der Waals surface area contributed by atoms with Gasteiger partial charge in [-0.3, -0.25) is 4.79 Å². The molecule has 5 heteroatoms. The van der Waals surface area contributed by atoms with E-state index in [4.69, 9.17) is 10.5 Å². The van der Waals surface area contributed by atoms with Gasteiger partial charge in [-0.15, -0.1) is 12.4 Å². The van der Waals surface area contributed by atoms with Gasteiger partial charge in [-0.1, -0.05) is 30.3 Å². The van der Waals surface area contributed by atoms with E-state index >= 15 is 0 Å². The summed E-state index contributed by atoms with van der Waals surface area (Å²) in [5, 5.41) is 5.18. The van der Waals surface area contributed by atoms with Gasteiger partial charge in [-0.2, -0.15) is 0 Å². The van der Waals surface area contributed by atoms with E-state index < -0.39 is 0 Å². The molecule has 3 aromatic carbocycles. The number of carbonyl (C=O) groups excluding carboxylic acids is 1. The van der Waals surface area contributed by atoms with Crippen LogP contribution in [-0.2, 0) is 17.8 Å². The number of carbonyl (C=O) groups is 1. The molecule has 27 heavy (non-hydrogen) atoms. The van der Waals surface area contributed by atoms with Crippen LogP contribution in [-0.4, -0.2) is 19.6 Å². The minimum absolute atomic E-state index is 0. The fourth-order valence-electron chi connectivity index (χ4n) is 3.17. The monoisotopic (exact) mass is 384 g/mol. The van der Waals surface area contributed by atoms with Crippen molar-refractivity contribution in [2.24, 2.45) is 5.73 Å². The Morgan fingerprint density at radius 2 is 1.89 bits per heavy atom. The highest BCUT2D eigenvalue weighted by Crippen LogP contribution is 2.31. The van der Waals surface area contributed by atoms with Crippen molar-refractivity contribution in [3.63, 3.8) is 0 Å². The Bertz CT molecular complexity index is 941. The molecule has 142 valence electrons. The second-order valence-electron chi connectivity index (χ2n) is 6.36. The zero-order valence-electron chi connectivity index (χ0n) is 15.6. The molecule has 0 fully saturated rings. The van der Waals surface area contributed by atoms with Crippen molar-refractivity contribution in [3.05, 3.63) is 65.7 Å². The molecule has 3 aromatic rings. The molecular weight excluding hydrogens is 360 g/mol. The van der Waals surface area contributed by atoms with Crippen molar-refractivity contribution in [1.82, 2.24) is 5.32 Å². The Kier molecular flexibility index (Phi) is 7.22. The van der Waals surface area contributed by atoms with Crippen LogP contribution in [0.3, 0.4) is 0 Å². The molecule has 3 N–H and O–H groups in total. The van der Waals surface area contributed by atoms with Gasteiger partial charge in [0.2, 0.25) is 5.91 Å². The van der Waals surface area contributed by atoms with Crippen molar-refractivity contribution >= 4 is 29.1 Å². The van der Waals surface area contributed by atoms with Crippen LogP contribution in [0.5, 0.6) is 5.75 Å². The zero-order chi connectivity index (χ0) is 18.5. The minimum Gasteiger partial charge on any atom is -0.497 e. The minimum atomic E-state index is -0.0151. The molecule has 0 aliphatic rings. The van der Waals surface area contributed by atoms with Crippen molar-refractivity contribution < 1.29 is 9.53 Å². The Labute approximate surface area is 166 Å². The van der Waals surface area contributed by atoms with Crippen molar-refractivity contribution in [2.75, 3.05) is 13.7 Å². The van der Waals surface area contributed by atoms with E-state index in [-0.39, 0.29) is 18.3 Å². The standard InChI is InChI=1S/C22H24N2O2.ClH/c1-15(25)24-9-8-19-12-20(17-5-3-4-16(10-17)14-23)11-18-6-7-21(26-2)13-22(18)19;/h3-7,10-13H,8-9,14,23H2,1-2H3,(H,24,25);1H. The van der Waals surface area contributed by atoms with Crippen LogP contribution in [0.4, 0.5) is 0 Å². The summed E-state index contributed by atoms with van der Waals surface area (Å²) in [6.45, 7) is 2.66. The van der Waals surface area contributed by atoms with Crippen molar-refractivity contribution in [2.45, 2.75) is 19.9 Å². The molecule has 0 bridgehead atoms. The number of hydrogen-bond acceptors (Lipinski definition) is 3. The average molecular weight is 385 g/mol. The summed E-state index contributed by atoms with van der Waals surface area (Å²) in [6, 6.07) is 18.8. The van der Waals surface area contributed by atoms with Gasteiger partial charge in [-0.25, -0.2) is 0 Å². The molecule has 4 nitrogen and oxygen atoms in total. The smallest absolute Gasteiger partial charge is 0.216 e. The van der Waals surface area contributed by atoms with Crippen LogP contribution in [0.15, 0.2) is 54.6 Å². The number of amides is 1. The average Bonchev–Trinajstić information content (AvgIpc) is 2.67. The van der Waals surface area contributed by atoms with Crippen LogP contribution in [0.1, 0.15) is 18.1 Å². The van der Waals surface area contributed by atoms with Crippen LogP contribution < -0.4 is 15.8 Å². The Morgan fingerprint density at radius 1 is 1.07 bits per heavy atom. The Morgan fingerprint density at radius 3 is 2.59 bits per heavy atom. The molecule has 0 atom stereocenters. The molecule has 0 heterocycles. The third-order valence-corrected chi connectivity index (χ3v) is 4.51. The highest BCUT2D eigenvalue weighted by molar-refractivity contribution is 5.91. The van der Waals surface area contributed by atoms with E-state index in [1.807, 2.05) is 18.2 Å². The largest absolute Gasteiger partial charge is 0.497 e. The summed E-state index contributed by atoms with van der Waals surface area (Å²) in [7, 11) is 1.67. The molecular formula is C22H25ClN2O2. The van der Waals surface area contributed by atoms with Crippen LogP contribution in [0.2, 0.25) is 0 Å². The predicted molar refractivity (Wildman–Crippen MR) is 113 cm³/mol.